The van der Waals surface area contributed by atoms with Crippen molar-refractivity contribution >= 4 is 15.9 Å². The van der Waals surface area contributed by atoms with Crippen molar-refractivity contribution in [2.45, 2.75) is 13.0 Å². The molecule has 0 aliphatic carbocycles. The van der Waals surface area contributed by atoms with Crippen molar-refractivity contribution in [3.8, 4) is 0 Å². The van der Waals surface area contributed by atoms with E-state index in [1.807, 2.05) is 12.3 Å². The van der Waals surface area contributed by atoms with Gasteiger partial charge in [-0.25, -0.2) is 0 Å². The maximum atomic E-state index is 5.12. The van der Waals surface area contributed by atoms with Crippen molar-refractivity contribution in [2.75, 3.05) is 13.1 Å². The van der Waals surface area contributed by atoms with Crippen molar-refractivity contribution in [2.24, 2.45) is 0 Å². The van der Waals surface area contributed by atoms with Gasteiger partial charge in [0, 0.05) is 12.1 Å². The molecule has 1 aliphatic rings. The molecule has 0 bridgehead atoms. The van der Waals surface area contributed by atoms with Gasteiger partial charge in [-0.2, -0.15) is 0 Å². The third-order valence-corrected chi connectivity index (χ3v) is 2.39. The minimum atomic E-state index is 0.827. The molecule has 1 aliphatic heterocycles. The van der Waals surface area contributed by atoms with Gasteiger partial charge in [-0.3, -0.25) is 4.90 Å². The lowest BCUT2D eigenvalue weighted by atomic mass is 10.2. The summed E-state index contributed by atoms with van der Waals surface area (Å²) in [7, 11) is 0. The van der Waals surface area contributed by atoms with Gasteiger partial charge in [0.1, 0.15) is 0 Å². The van der Waals surface area contributed by atoms with Crippen LogP contribution in [0, 0.1) is 0 Å². The molecule has 0 atom stereocenters. The van der Waals surface area contributed by atoms with Gasteiger partial charge in [-0.05, 0) is 41.5 Å². The summed E-state index contributed by atoms with van der Waals surface area (Å²) in [6, 6.07) is 2.03. The lowest BCUT2D eigenvalue weighted by Crippen LogP contribution is -2.36. The molecule has 0 saturated carbocycles. The van der Waals surface area contributed by atoms with E-state index in [4.69, 9.17) is 4.42 Å². The fraction of sp³-hybridized carbons (Fsp3) is 0.500. The fourth-order valence-corrected chi connectivity index (χ4v) is 1.61. The lowest BCUT2D eigenvalue weighted by molar-refractivity contribution is 0.172. The standard InChI is InChI=1S/C8H10BrNO/c9-8-4-7(6-11-8)5-10-2-1-3-10/h4,6H,1-3,5H2. The topological polar surface area (TPSA) is 16.4 Å². The van der Waals surface area contributed by atoms with Crippen molar-refractivity contribution in [1.29, 1.82) is 0 Å². The van der Waals surface area contributed by atoms with Crippen LogP contribution in [0.15, 0.2) is 21.4 Å². The van der Waals surface area contributed by atoms with Crippen LogP contribution in [0.2, 0.25) is 0 Å². The molecular formula is C8H10BrNO. The van der Waals surface area contributed by atoms with Crippen molar-refractivity contribution in [1.82, 2.24) is 4.90 Å². The Balaban J connectivity index is 1.95. The van der Waals surface area contributed by atoms with Crippen molar-refractivity contribution in [3.05, 3.63) is 22.6 Å². The zero-order valence-electron chi connectivity index (χ0n) is 6.22. The third kappa shape index (κ3) is 1.65. The summed E-state index contributed by atoms with van der Waals surface area (Å²) in [4.78, 5) is 2.40. The number of furan rings is 1. The van der Waals surface area contributed by atoms with E-state index in [-0.39, 0.29) is 0 Å². The minimum Gasteiger partial charge on any atom is -0.457 e. The molecule has 2 rings (SSSR count). The first kappa shape index (κ1) is 7.37. The Morgan fingerprint density at radius 1 is 1.55 bits per heavy atom. The number of nitrogens with zero attached hydrogens (tertiary/aromatic N) is 1. The Bertz CT molecular complexity index is 242. The van der Waals surface area contributed by atoms with E-state index in [1.54, 1.807) is 0 Å². The van der Waals surface area contributed by atoms with E-state index in [0.29, 0.717) is 0 Å². The Morgan fingerprint density at radius 2 is 2.36 bits per heavy atom. The molecule has 0 aromatic carbocycles. The van der Waals surface area contributed by atoms with Gasteiger partial charge in [-0.1, -0.05) is 0 Å². The van der Waals surface area contributed by atoms with Gasteiger partial charge in [0.15, 0.2) is 4.67 Å². The first-order valence-corrected chi connectivity index (χ1v) is 4.59. The highest BCUT2D eigenvalue weighted by molar-refractivity contribution is 9.10. The average molecular weight is 216 g/mol. The first-order chi connectivity index (χ1) is 5.34. The molecule has 0 radical (unpaired) electrons. The Labute approximate surface area is 74.3 Å². The molecule has 1 aromatic heterocycles. The highest BCUT2D eigenvalue weighted by Crippen LogP contribution is 2.17. The van der Waals surface area contributed by atoms with Gasteiger partial charge in [0.05, 0.1) is 6.26 Å². The summed E-state index contributed by atoms with van der Waals surface area (Å²) in [6.07, 6.45) is 3.15. The SMILES string of the molecule is Brc1cc(CN2CCC2)co1. The zero-order valence-corrected chi connectivity index (χ0v) is 7.80. The molecule has 2 nitrogen and oxygen atoms in total. The Morgan fingerprint density at radius 3 is 2.82 bits per heavy atom. The second-order valence-corrected chi connectivity index (χ2v) is 3.67. The van der Waals surface area contributed by atoms with Crippen LogP contribution < -0.4 is 0 Å². The molecule has 0 amide bonds. The van der Waals surface area contributed by atoms with Crippen molar-refractivity contribution < 1.29 is 4.42 Å². The molecule has 2 heterocycles. The summed E-state index contributed by atoms with van der Waals surface area (Å²) >= 11 is 3.28. The van der Waals surface area contributed by atoms with Gasteiger partial charge in [0.2, 0.25) is 0 Å². The molecule has 1 saturated heterocycles. The lowest BCUT2D eigenvalue weighted by Gasteiger charge is -2.29. The van der Waals surface area contributed by atoms with E-state index >= 15 is 0 Å². The highest BCUT2D eigenvalue weighted by atomic mass is 79.9. The van der Waals surface area contributed by atoms with Crippen LogP contribution in [0.1, 0.15) is 12.0 Å². The van der Waals surface area contributed by atoms with E-state index in [0.717, 1.165) is 11.2 Å². The van der Waals surface area contributed by atoms with Gasteiger partial charge < -0.3 is 4.42 Å². The van der Waals surface area contributed by atoms with Gasteiger partial charge in [0.25, 0.3) is 0 Å². The van der Waals surface area contributed by atoms with Crippen LogP contribution in [0.25, 0.3) is 0 Å². The largest absolute Gasteiger partial charge is 0.457 e. The maximum Gasteiger partial charge on any atom is 0.169 e. The Hall–Kier alpha value is -0.280. The second-order valence-electron chi connectivity index (χ2n) is 2.89. The van der Waals surface area contributed by atoms with Crippen molar-refractivity contribution in [3.63, 3.8) is 0 Å². The number of halogens is 1. The van der Waals surface area contributed by atoms with Gasteiger partial charge in [-0.15, -0.1) is 0 Å². The van der Waals surface area contributed by atoms with Crippen LogP contribution >= 0.6 is 15.9 Å². The molecular weight excluding hydrogens is 206 g/mol. The Kier molecular flexibility index (Phi) is 2.00. The quantitative estimate of drug-likeness (QED) is 0.753. The first-order valence-electron chi connectivity index (χ1n) is 3.80. The normalized spacial score (nSPS) is 18.3. The second kappa shape index (κ2) is 2.99. The van der Waals surface area contributed by atoms with Crippen LogP contribution in [-0.4, -0.2) is 18.0 Å². The molecule has 1 aromatic rings. The number of hydrogen-bond acceptors (Lipinski definition) is 2. The third-order valence-electron chi connectivity index (χ3n) is 1.98. The molecule has 11 heavy (non-hydrogen) atoms. The van der Waals surface area contributed by atoms with E-state index in [2.05, 4.69) is 20.8 Å². The molecule has 3 heteroatoms. The highest BCUT2D eigenvalue weighted by Gasteiger charge is 2.14. The van der Waals surface area contributed by atoms with Crippen LogP contribution in [0.3, 0.4) is 0 Å². The smallest absolute Gasteiger partial charge is 0.169 e. The summed E-state index contributed by atoms with van der Waals surface area (Å²) in [5, 5.41) is 0. The van der Waals surface area contributed by atoms with E-state index in [1.165, 1.54) is 25.1 Å². The molecule has 60 valence electrons. The summed E-state index contributed by atoms with van der Waals surface area (Å²) in [5.41, 5.74) is 1.26. The summed E-state index contributed by atoms with van der Waals surface area (Å²) in [5.74, 6) is 0. The molecule has 0 N–H and O–H groups in total. The number of hydrogen-bond donors (Lipinski definition) is 0. The number of rotatable bonds is 2. The van der Waals surface area contributed by atoms with E-state index in [9.17, 15) is 0 Å². The fourth-order valence-electron chi connectivity index (χ4n) is 1.23. The predicted molar refractivity (Wildman–Crippen MR) is 46.3 cm³/mol. The van der Waals surface area contributed by atoms with Crippen LogP contribution in [-0.2, 0) is 6.54 Å². The van der Waals surface area contributed by atoms with Crippen LogP contribution in [0.4, 0.5) is 0 Å². The van der Waals surface area contributed by atoms with Crippen LogP contribution in [0.5, 0.6) is 0 Å². The predicted octanol–water partition coefficient (Wildman–Crippen LogP) is 2.25. The summed E-state index contributed by atoms with van der Waals surface area (Å²) < 4.78 is 5.95. The maximum absolute atomic E-state index is 5.12. The monoisotopic (exact) mass is 215 g/mol. The number of likely N-dealkylation sites (tertiary alicyclic amines) is 1. The molecule has 0 unspecified atom stereocenters. The average Bonchev–Trinajstić information content (AvgIpc) is 2.27. The minimum absolute atomic E-state index is 0.827. The molecule has 1 fully saturated rings. The molecule has 0 spiro atoms. The summed E-state index contributed by atoms with van der Waals surface area (Å²) in [6.45, 7) is 3.51. The zero-order chi connectivity index (χ0) is 7.68. The van der Waals surface area contributed by atoms with Gasteiger partial charge >= 0.3 is 0 Å². The van der Waals surface area contributed by atoms with E-state index < -0.39 is 0 Å².